The maximum absolute atomic E-state index is 12.8. The number of rotatable bonds is 6. The van der Waals surface area contributed by atoms with E-state index in [2.05, 4.69) is 21.5 Å². The smallest absolute Gasteiger partial charge is 0.224 e. The van der Waals surface area contributed by atoms with E-state index >= 15 is 0 Å². The number of hydrogen-bond donors (Lipinski definition) is 1. The summed E-state index contributed by atoms with van der Waals surface area (Å²) < 4.78 is 8.14. The Morgan fingerprint density at radius 1 is 1.09 bits per heavy atom. The Hall–Kier alpha value is -3.93. The van der Waals surface area contributed by atoms with Crippen LogP contribution in [-0.4, -0.2) is 33.3 Å². The largest absolute Gasteiger partial charge is 0.487 e. The summed E-state index contributed by atoms with van der Waals surface area (Å²) in [5.41, 5.74) is 7.04. The highest BCUT2D eigenvalue weighted by molar-refractivity contribution is 5.79. The Bertz CT molecular complexity index is 1280. The van der Waals surface area contributed by atoms with Crippen LogP contribution in [0.25, 0.3) is 16.8 Å². The van der Waals surface area contributed by atoms with E-state index < -0.39 is 0 Å². The molecule has 1 aliphatic rings. The number of para-hydroxylation sites is 2. The first kappa shape index (κ1) is 20.9. The van der Waals surface area contributed by atoms with Crippen molar-refractivity contribution in [1.29, 1.82) is 0 Å². The molecule has 0 fully saturated rings. The number of hydrogen-bond acceptors (Lipinski definition) is 4. The molecule has 6 nitrogen and oxygen atoms in total. The predicted molar refractivity (Wildman–Crippen MR) is 128 cm³/mol. The van der Waals surface area contributed by atoms with Crippen LogP contribution in [0, 0.1) is 13.8 Å². The first-order chi connectivity index (χ1) is 16.1. The summed E-state index contributed by atoms with van der Waals surface area (Å²) in [6.45, 7) is 4.42. The third-order valence-electron chi connectivity index (χ3n) is 6.11. The van der Waals surface area contributed by atoms with E-state index in [1.54, 1.807) is 6.20 Å². The van der Waals surface area contributed by atoms with Gasteiger partial charge in [-0.25, -0.2) is 4.68 Å². The molecule has 1 unspecified atom stereocenters. The van der Waals surface area contributed by atoms with E-state index in [1.807, 2.05) is 79.3 Å². The molecule has 0 saturated heterocycles. The number of fused-ring (bicyclic) bond motifs is 1. The molecule has 1 aliphatic heterocycles. The van der Waals surface area contributed by atoms with Crippen LogP contribution in [0.15, 0.2) is 73.1 Å². The average Bonchev–Trinajstić information content (AvgIpc) is 3.39. The van der Waals surface area contributed by atoms with Gasteiger partial charge in [0.25, 0.3) is 0 Å². The van der Waals surface area contributed by atoms with Gasteiger partial charge >= 0.3 is 0 Å². The number of nitrogens with one attached hydrogen (secondary N) is 1. The summed E-state index contributed by atoms with van der Waals surface area (Å²) in [5.74, 6) is 0.862. The van der Waals surface area contributed by atoms with Crippen molar-refractivity contribution in [2.45, 2.75) is 32.8 Å². The molecule has 0 radical (unpaired) electrons. The van der Waals surface area contributed by atoms with Crippen molar-refractivity contribution >= 4 is 5.91 Å². The third kappa shape index (κ3) is 4.24. The monoisotopic (exact) mass is 438 g/mol. The molecule has 1 amide bonds. The summed E-state index contributed by atoms with van der Waals surface area (Å²) >= 11 is 0. The van der Waals surface area contributed by atoms with Gasteiger partial charge in [-0.05, 0) is 37.6 Å². The topological polar surface area (TPSA) is 69.0 Å². The number of aryl methyl sites for hydroxylation is 1. The maximum atomic E-state index is 12.8. The van der Waals surface area contributed by atoms with Gasteiger partial charge in [0.2, 0.25) is 5.91 Å². The second kappa shape index (κ2) is 8.90. The normalized spacial score (nSPS) is 14.5. The molecule has 5 rings (SSSR count). The van der Waals surface area contributed by atoms with Crippen LogP contribution in [0.2, 0.25) is 0 Å². The minimum absolute atomic E-state index is 0.0270. The van der Waals surface area contributed by atoms with Crippen molar-refractivity contribution in [3.63, 3.8) is 0 Å². The lowest BCUT2D eigenvalue weighted by molar-refractivity contribution is -0.120. The lowest BCUT2D eigenvalue weighted by Gasteiger charge is -2.14. The van der Waals surface area contributed by atoms with Crippen molar-refractivity contribution in [2.75, 3.05) is 6.54 Å². The van der Waals surface area contributed by atoms with Gasteiger partial charge in [-0.3, -0.25) is 9.78 Å². The van der Waals surface area contributed by atoms with Crippen molar-refractivity contribution in [1.82, 2.24) is 20.1 Å². The standard InChI is InChI=1S/C27H26N4O2/c1-18-25(19(2)31(30-18)22-10-4-3-5-11-22)15-26(32)29-17-23-14-20-8-6-12-24(27(20)33-23)21-9-7-13-28-16-21/h3-13,16,23H,14-15,17H2,1-2H3,(H,29,32). The summed E-state index contributed by atoms with van der Waals surface area (Å²) in [5, 5.41) is 7.70. The summed E-state index contributed by atoms with van der Waals surface area (Å²) in [4.78, 5) is 17.0. The molecule has 3 heterocycles. The van der Waals surface area contributed by atoms with Gasteiger partial charge < -0.3 is 10.1 Å². The molecular formula is C27H26N4O2. The lowest BCUT2D eigenvalue weighted by atomic mass is 10.0. The van der Waals surface area contributed by atoms with E-state index in [-0.39, 0.29) is 12.0 Å². The van der Waals surface area contributed by atoms with Crippen LogP contribution in [0.4, 0.5) is 0 Å². The molecule has 0 aliphatic carbocycles. The molecule has 2 aromatic heterocycles. The molecule has 0 saturated carbocycles. The van der Waals surface area contributed by atoms with Crippen molar-refractivity contribution in [3.05, 3.63) is 95.6 Å². The van der Waals surface area contributed by atoms with Crippen LogP contribution in [0.3, 0.4) is 0 Å². The van der Waals surface area contributed by atoms with Gasteiger partial charge in [0, 0.05) is 41.2 Å². The zero-order valence-electron chi connectivity index (χ0n) is 18.8. The van der Waals surface area contributed by atoms with E-state index in [0.29, 0.717) is 13.0 Å². The summed E-state index contributed by atoms with van der Waals surface area (Å²) in [6, 6.07) is 20.1. The van der Waals surface area contributed by atoms with E-state index in [0.717, 1.165) is 51.5 Å². The van der Waals surface area contributed by atoms with E-state index in [4.69, 9.17) is 4.74 Å². The zero-order valence-corrected chi connectivity index (χ0v) is 18.8. The average molecular weight is 439 g/mol. The molecular weight excluding hydrogens is 412 g/mol. The molecule has 166 valence electrons. The maximum Gasteiger partial charge on any atom is 0.224 e. The second-order valence-electron chi connectivity index (χ2n) is 8.36. The van der Waals surface area contributed by atoms with Gasteiger partial charge in [-0.1, -0.05) is 42.5 Å². The lowest BCUT2D eigenvalue weighted by Crippen LogP contribution is -2.35. The first-order valence-electron chi connectivity index (χ1n) is 11.2. The van der Waals surface area contributed by atoms with Gasteiger partial charge in [0.15, 0.2) is 0 Å². The molecule has 2 aromatic carbocycles. The van der Waals surface area contributed by atoms with Gasteiger partial charge in [-0.15, -0.1) is 0 Å². The first-order valence-corrected chi connectivity index (χ1v) is 11.2. The predicted octanol–water partition coefficient (Wildman–Crippen LogP) is 4.21. The fraction of sp³-hybridized carbons (Fsp3) is 0.222. The highest BCUT2D eigenvalue weighted by Crippen LogP contribution is 2.38. The Morgan fingerprint density at radius 2 is 1.94 bits per heavy atom. The van der Waals surface area contributed by atoms with Gasteiger partial charge in [0.05, 0.1) is 24.3 Å². The second-order valence-corrected chi connectivity index (χ2v) is 8.36. The summed E-state index contributed by atoms with van der Waals surface area (Å²) in [6.07, 6.45) is 4.59. The molecule has 1 atom stereocenters. The zero-order chi connectivity index (χ0) is 22.8. The Kier molecular flexibility index (Phi) is 5.65. The number of benzene rings is 2. The van der Waals surface area contributed by atoms with E-state index in [1.165, 1.54) is 0 Å². The molecule has 4 aromatic rings. The quantitative estimate of drug-likeness (QED) is 0.490. The Balaban J connectivity index is 1.23. The van der Waals surface area contributed by atoms with Crippen molar-refractivity contribution in [3.8, 4) is 22.6 Å². The van der Waals surface area contributed by atoms with Crippen LogP contribution in [0.5, 0.6) is 5.75 Å². The molecule has 6 heteroatoms. The minimum atomic E-state index is -0.0870. The van der Waals surface area contributed by atoms with Gasteiger partial charge in [0.1, 0.15) is 11.9 Å². The number of pyridine rings is 1. The number of carbonyl (C=O) groups excluding carboxylic acids is 1. The molecule has 33 heavy (non-hydrogen) atoms. The van der Waals surface area contributed by atoms with E-state index in [9.17, 15) is 4.79 Å². The number of carbonyl (C=O) groups is 1. The van der Waals surface area contributed by atoms with Gasteiger partial charge in [-0.2, -0.15) is 5.10 Å². The molecule has 0 spiro atoms. The number of aromatic nitrogens is 3. The number of amides is 1. The fourth-order valence-electron chi connectivity index (χ4n) is 4.40. The van der Waals surface area contributed by atoms with Crippen molar-refractivity contribution < 1.29 is 9.53 Å². The van der Waals surface area contributed by atoms with Crippen LogP contribution in [-0.2, 0) is 17.6 Å². The van der Waals surface area contributed by atoms with Crippen LogP contribution >= 0.6 is 0 Å². The Labute approximate surface area is 193 Å². The highest BCUT2D eigenvalue weighted by atomic mass is 16.5. The van der Waals surface area contributed by atoms with Crippen LogP contribution < -0.4 is 10.1 Å². The van der Waals surface area contributed by atoms with Crippen LogP contribution in [0.1, 0.15) is 22.5 Å². The molecule has 1 N–H and O–H groups in total. The molecule has 0 bridgehead atoms. The number of nitrogens with zero attached hydrogens (tertiary/aromatic N) is 3. The summed E-state index contributed by atoms with van der Waals surface area (Å²) in [7, 11) is 0. The Morgan fingerprint density at radius 3 is 2.73 bits per heavy atom. The van der Waals surface area contributed by atoms with Crippen molar-refractivity contribution in [2.24, 2.45) is 0 Å². The minimum Gasteiger partial charge on any atom is -0.487 e. The SMILES string of the molecule is Cc1nn(-c2ccccc2)c(C)c1CC(=O)NCC1Cc2cccc(-c3cccnc3)c2O1. The number of ether oxygens (including phenoxy) is 1. The third-order valence-corrected chi connectivity index (χ3v) is 6.11. The fourth-order valence-corrected chi connectivity index (χ4v) is 4.40. The highest BCUT2D eigenvalue weighted by Gasteiger charge is 2.26.